The average Bonchev–Trinajstić information content (AvgIpc) is 2.33. The summed E-state index contributed by atoms with van der Waals surface area (Å²) in [6, 6.07) is 5.35. The smallest absolute Gasteiger partial charge is 0.240 e. The van der Waals surface area contributed by atoms with Gasteiger partial charge in [0.1, 0.15) is 0 Å². The van der Waals surface area contributed by atoms with Gasteiger partial charge in [-0.3, -0.25) is 9.78 Å². The zero-order chi connectivity index (χ0) is 14.6. The van der Waals surface area contributed by atoms with Crippen LogP contribution in [0.1, 0.15) is 39.1 Å². The molecular formula is C15H25N3O. The van der Waals surface area contributed by atoms with Crippen LogP contribution in [0.2, 0.25) is 0 Å². The van der Waals surface area contributed by atoms with Gasteiger partial charge >= 0.3 is 0 Å². The van der Waals surface area contributed by atoms with E-state index >= 15 is 0 Å². The van der Waals surface area contributed by atoms with Crippen LogP contribution < -0.4 is 5.73 Å². The summed E-state index contributed by atoms with van der Waals surface area (Å²) in [5.41, 5.74) is 7.67. The van der Waals surface area contributed by atoms with Crippen molar-refractivity contribution >= 4 is 5.91 Å². The molecule has 0 aromatic carbocycles. The number of hydrogen-bond acceptors (Lipinski definition) is 3. The molecule has 0 radical (unpaired) electrons. The van der Waals surface area contributed by atoms with Crippen LogP contribution >= 0.6 is 0 Å². The second-order valence-corrected chi connectivity index (χ2v) is 5.97. The Balaban J connectivity index is 2.81. The van der Waals surface area contributed by atoms with Crippen molar-refractivity contribution in [3.05, 3.63) is 29.6 Å². The largest absolute Gasteiger partial charge is 0.336 e. The number of nitrogens with two attached hydrogens (primary N) is 1. The molecule has 4 nitrogen and oxygen atoms in total. The van der Waals surface area contributed by atoms with Crippen molar-refractivity contribution in [2.24, 2.45) is 11.1 Å². The van der Waals surface area contributed by atoms with Gasteiger partial charge in [-0.2, -0.15) is 0 Å². The lowest BCUT2D eigenvalue weighted by Gasteiger charge is -2.31. The van der Waals surface area contributed by atoms with E-state index < -0.39 is 6.04 Å². The molecule has 1 aromatic heterocycles. The van der Waals surface area contributed by atoms with E-state index in [4.69, 9.17) is 5.73 Å². The van der Waals surface area contributed by atoms with Crippen LogP contribution in [0.15, 0.2) is 18.2 Å². The number of hydrogen-bond donors (Lipinski definition) is 1. The second-order valence-electron chi connectivity index (χ2n) is 5.97. The van der Waals surface area contributed by atoms with Gasteiger partial charge in [0.2, 0.25) is 5.91 Å². The molecule has 0 bridgehead atoms. The highest BCUT2D eigenvalue weighted by Crippen LogP contribution is 2.19. The van der Waals surface area contributed by atoms with Crippen LogP contribution in [-0.4, -0.2) is 28.4 Å². The first-order chi connectivity index (χ1) is 8.75. The topological polar surface area (TPSA) is 59.2 Å². The van der Waals surface area contributed by atoms with E-state index in [1.54, 1.807) is 4.90 Å². The molecular weight excluding hydrogens is 238 g/mol. The summed E-state index contributed by atoms with van der Waals surface area (Å²) in [7, 11) is 0. The number of aromatic nitrogens is 1. The Kier molecular flexibility index (Phi) is 5.06. The molecule has 1 rings (SSSR count). The second kappa shape index (κ2) is 6.15. The lowest BCUT2D eigenvalue weighted by atomic mass is 9.86. The van der Waals surface area contributed by atoms with E-state index in [9.17, 15) is 4.79 Å². The summed E-state index contributed by atoms with van der Waals surface area (Å²) in [6.45, 7) is 11.0. The zero-order valence-electron chi connectivity index (χ0n) is 12.6. The maximum absolute atomic E-state index is 12.4. The van der Waals surface area contributed by atoms with Gasteiger partial charge in [0, 0.05) is 12.2 Å². The van der Waals surface area contributed by atoms with E-state index in [0.29, 0.717) is 13.1 Å². The Morgan fingerprint density at radius 3 is 2.53 bits per heavy atom. The average molecular weight is 263 g/mol. The van der Waals surface area contributed by atoms with Gasteiger partial charge in [-0.1, -0.05) is 26.8 Å². The normalized spacial score (nSPS) is 13.2. The molecule has 0 aliphatic heterocycles. The molecule has 106 valence electrons. The molecule has 1 aromatic rings. The third-order valence-corrected chi connectivity index (χ3v) is 3.19. The van der Waals surface area contributed by atoms with E-state index in [-0.39, 0.29) is 11.3 Å². The van der Waals surface area contributed by atoms with Crippen molar-refractivity contribution < 1.29 is 4.79 Å². The zero-order valence-corrected chi connectivity index (χ0v) is 12.6. The Bertz CT molecular complexity index is 437. The van der Waals surface area contributed by atoms with Gasteiger partial charge in [0.15, 0.2) is 0 Å². The van der Waals surface area contributed by atoms with Crippen LogP contribution in [-0.2, 0) is 11.3 Å². The Hall–Kier alpha value is -1.42. The van der Waals surface area contributed by atoms with Crippen LogP contribution in [0, 0.1) is 12.3 Å². The third kappa shape index (κ3) is 4.31. The Morgan fingerprint density at radius 1 is 1.42 bits per heavy atom. The standard InChI is InChI=1S/C15H25N3O/c1-6-18(14(19)13(16)15(3,4)5)10-12-9-7-8-11(2)17-12/h7-9,13H,6,10,16H2,1-5H3. The number of carbonyl (C=O) groups is 1. The summed E-state index contributed by atoms with van der Waals surface area (Å²) < 4.78 is 0. The van der Waals surface area contributed by atoms with Crippen molar-refractivity contribution in [3.8, 4) is 0 Å². The van der Waals surface area contributed by atoms with Crippen LogP contribution in [0.3, 0.4) is 0 Å². The molecule has 1 amide bonds. The fraction of sp³-hybridized carbons (Fsp3) is 0.600. The summed E-state index contributed by atoms with van der Waals surface area (Å²) in [5, 5.41) is 0. The highest BCUT2D eigenvalue weighted by molar-refractivity contribution is 5.82. The van der Waals surface area contributed by atoms with Crippen molar-refractivity contribution in [1.29, 1.82) is 0 Å². The monoisotopic (exact) mass is 263 g/mol. The molecule has 1 heterocycles. The Morgan fingerprint density at radius 2 is 2.05 bits per heavy atom. The van der Waals surface area contributed by atoms with Crippen LogP contribution in [0.5, 0.6) is 0 Å². The number of carbonyl (C=O) groups excluding carboxylic acids is 1. The number of rotatable bonds is 4. The van der Waals surface area contributed by atoms with Gasteiger partial charge < -0.3 is 10.6 Å². The molecule has 2 N–H and O–H groups in total. The third-order valence-electron chi connectivity index (χ3n) is 3.19. The number of amides is 1. The minimum atomic E-state index is -0.489. The first-order valence-corrected chi connectivity index (χ1v) is 6.72. The van der Waals surface area contributed by atoms with Crippen molar-refractivity contribution in [3.63, 3.8) is 0 Å². The summed E-state index contributed by atoms with van der Waals surface area (Å²) in [4.78, 5) is 18.6. The lowest BCUT2D eigenvalue weighted by Crippen LogP contribution is -2.50. The van der Waals surface area contributed by atoms with Crippen LogP contribution in [0.25, 0.3) is 0 Å². The van der Waals surface area contributed by atoms with Crippen molar-refractivity contribution in [2.75, 3.05) is 6.54 Å². The minimum absolute atomic E-state index is 0.0155. The molecule has 0 fully saturated rings. The number of aryl methyl sites for hydroxylation is 1. The van der Waals surface area contributed by atoms with E-state index in [0.717, 1.165) is 11.4 Å². The first-order valence-electron chi connectivity index (χ1n) is 6.72. The summed E-state index contributed by atoms with van der Waals surface area (Å²) in [6.07, 6.45) is 0. The fourth-order valence-corrected chi connectivity index (χ4v) is 1.80. The van der Waals surface area contributed by atoms with Crippen molar-refractivity contribution in [2.45, 2.75) is 47.2 Å². The summed E-state index contributed by atoms with van der Waals surface area (Å²) in [5.74, 6) is -0.0155. The summed E-state index contributed by atoms with van der Waals surface area (Å²) >= 11 is 0. The predicted molar refractivity (Wildman–Crippen MR) is 77.5 cm³/mol. The molecule has 0 aliphatic carbocycles. The molecule has 0 spiro atoms. The quantitative estimate of drug-likeness (QED) is 0.905. The van der Waals surface area contributed by atoms with Gasteiger partial charge in [-0.05, 0) is 31.4 Å². The van der Waals surface area contributed by atoms with Gasteiger partial charge in [-0.25, -0.2) is 0 Å². The number of nitrogens with zero attached hydrogens (tertiary/aromatic N) is 2. The van der Waals surface area contributed by atoms with Crippen LogP contribution in [0.4, 0.5) is 0 Å². The molecule has 0 saturated carbocycles. The predicted octanol–water partition coefficient (Wildman–Crippen LogP) is 2.11. The number of pyridine rings is 1. The minimum Gasteiger partial charge on any atom is -0.336 e. The SMILES string of the molecule is CCN(Cc1cccc(C)n1)C(=O)C(N)C(C)(C)C. The molecule has 19 heavy (non-hydrogen) atoms. The molecule has 4 heteroatoms. The number of likely N-dealkylation sites (N-methyl/N-ethyl adjacent to an activating group) is 1. The highest BCUT2D eigenvalue weighted by atomic mass is 16.2. The van der Waals surface area contributed by atoms with Gasteiger partial charge in [-0.15, -0.1) is 0 Å². The Labute approximate surface area is 116 Å². The highest BCUT2D eigenvalue weighted by Gasteiger charge is 2.30. The van der Waals surface area contributed by atoms with Gasteiger partial charge in [0.05, 0.1) is 18.3 Å². The van der Waals surface area contributed by atoms with E-state index in [1.807, 2.05) is 52.8 Å². The molecule has 0 aliphatic rings. The van der Waals surface area contributed by atoms with E-state index in [1.165, 1.54) is 0 Å². The maximum atomic E-state index is 12.4. The molecule has 1 unspecified atom stereocenters. The first kappa shape index (κ1) is 15.6. The lowest BCUT2D eigenvalue weighted by molar-refractivity contribution is -0.135. The maximum Gasteiger partial charge on any atom is 0.240 e. The molecule has 0 saturated heterocycles. The van der Waals surface area contributed by atoms with Crippen molar-refractivity contribution in [1.82, 2.24) is 9.88 Å². The molecule has 1 atom stereocenters. The fourth-order valence-electron chi connectivity index (χ4n) is 1.80. The van der Waals surface area contributed by atoms with Gasteiger partial charge in [0.25, 0.3) is 0 Å². The van der Waals surface area contributed by atoms with E-state index in [2.05, 4.69) is 4.98 Å².